The van der Waals surface area contributed by atoms with Crippen LogP contribution in [0.25, 0.3) is 0 Å². The summed E-state index contributed by atoms with van der Waals surface area (Å²) in [5.74, 6) is 0.208. The summed E-state index contributed by atoms with van der Waals surface area (Å²) in [5.41, 5.74) is -1.05. The predicted octanol–water partition coefficient (Wildman–Crippen LogP) is 3.62. The first-order chi connectivity index (χ1) is 15.7. The van der Waals surface area contributed by atoms with Crippen LogP contribution in [0, 0.1) is 5.92 Å². The number of hydrogen-bond acceptors (Lipinski definition) is 5. The average Bonchev–Trinajstić information content (AvgIpc) is 2.81. The summed E-state index contributed by atoms with van der Waals surface area (Å²) in [4.78, 5) is 28.2. The molecule has 0 atom stereocenters. The molecule has 0 bridgehead atoms. The van der Waals surface area contributed by atoms with E-state index in [2.05, 4.69) is 29.4 Å². The molecular formula is C23H28F3N5O2. The molecule has 0 unspecified atom stereocenters. The number of carbonyl (C=O) groups is 2. The van der Waals surface area contributed by atoms with Crippen molar-refractivity contribution in [3.63, 3.8) is 0 Å². The second-order valence-corrected chi connectivity index (χ2v) is 8.39. The van der Waals surface area contributed by atoms with Crippen LogP contribution >= 0.6 is 0 Å². The Morgan fingerprint density at radius 1 is 1.03 bits per heavy atom. The van der Waals surface area contributed by atoms with Gasteiger partial charge in [-0.2, -0.15) is 13.2 Å². The number of benzene rings is 1. The second kappa shape index (κ2) is 10.6. The van der Waals surface area contributed by atoms with Gasteiger partial charge in [0.25, 0.3) is 11.8 Å². The molecule has 1 aliphatic heterocycles. The number of halogens is 3. The Morgan fingerprint density at radius 3 is 2.33 bits per heavy atom. The van der Waals surface area contributed by atoms with Gasteiger partial charge in [-0.15, -0.1) is 10.2 Å². The molecule has 0 aliphatic carbocycles. The van der Waals surface area contributed by atoms with Gasteiger partial charge in [-0.05, 0) is 43.0 Å². The number of carbonyl (C=O) groups excluding carboxylic acids is 2. The first-order valence-corrected chi connectivity index (χ1v) is 11.0. The standard InChI is InChI=1S/C23H28F3N5O2/c1-16(2)6-5-11-27-21(32)19-9-10-20(29-28-19)30-12-14-31(15-13-30)22(33)17-7-3-4-8-18(17)23(24,25)26/h3-4,7-10,16H,5-6,11-15H2,1-2H3,(H,27,32). The van der Waals surface area contributed by atoms with Crippen LogP contribution < -0.4 is 10.2 Å². The fourth-order valence-corrected chi connectivity index (χ4v) is 3.64. The van der Waals surface area contributed by atoms with Crippen LogP contribution in [-0.2, 0) is 6.18 Å². The van der Waals surface area contributed by atoms with E-state index in [0.29, 0.717) is 31.4 Å². The normalized spacial score (nSPS) is 14.5. The van der Waals surface area contributed by atoms with Gasteiger partial charge in [-0.25, -0.2) is 0 Å². The van der Waals surface area contributed by atoms with Crippen LogP contribution in [-0.4, -0.2) is 59.6 Å². The average molecular weight is 464 g/mol. The van der Waals surface area contributed by atoms with E-state index in [4.69, 9.17) is 0 Å². The summed E-state index contributed by atoms with van der Waals surface area (Å²) < 4.78 is 39.7. The predicted molar refractivity (Wildman–Crippen MR) is 118 cm³/mol. The molecule has 2 amide bonds. The number of amides is 2. The van der Waals surface area contributed by atoms with E-state index < -0.39 is 17.6 Å². The summed E-state index contributed by atoms with van der Waals surface area (Å²) in [6.07, 6.45) is -2.67. The number of piperazine rings is 1. The van der Waals surface area contributed by atoms with E-state index in [9.17, 15) is 22.8 Å². The maximum Gasteiger partial charge on any atom is 0.417 e. The Bertz CT molecular complexity index is 955. The summed E-state index contributed by atoms with van der Waals surface area (Å²) in [6, 6.07) is 8.10. The summed E-state index contributed by atoms with van der Waals surface area (Å²) >= 11 is 0. The molecule has 1 aliphatic rings. The lowest BCUT2D eigenvalue weighted by molar-refractivity contribution is -0.138. The van der Waals surface area contributed by atoms with E-state index in [0.717, 1.165) is 18.9 Å². The van der Waals surface area contributed by atoms with Gasteiger partial charge >= 0.3 is 6.18 Å². The number of nitrogens with one attached hydrogen (secondary N) is 1. The molecule has 1 N–H and O–H groups in total. The monoisotopic (exact) mass is 463 g/mol. The molecule has 1 fully saturated rings. The molecule has 3 rings (SSSR count). The molecule has 7 nitrogen and oxygen atoms in total. The highest BCUT2D eigenvalue weighted by molar-refractivity contribution is 5.96. The highest BCUT2D eigenvalue weighted by Gasteiger charge is 2.36. The van der Waals surface area contributed by atoms with E-state index >= 15 is 0 Å². The van der Waals surface area contributed by atoms with Crippen molar-refractivity contribution in [1.82, 2.24) is 20.4 Å². The van der Waals surface area contributed by atoms with Crippen molar-refractivity contribution < 1.29 is 22.8 Å². The molecule has 0 saturated carbocycles. The first-order valence-electron chi connectivity index (χ1n) is 11.0. The first kappa shape index (κ1) is 24.5. The summed E-state index contributed by atoms with van der Waals surface area (Å²) in [5, 5.41) is 10.9. The fraction of sp³-hybridized carbons (Fsp3) is 0.478. The minimum atomic E-state index is -4.59. The Balaban J connectivity index is 1.55. The molecule has 1 saturated heterocycles. The third-order valence-corrected chi connectivity index (χ3v) is 5.48. The van der Waals surface area contributed by atoms with Crippen LogP contribution in [0.15, 0.2) is 36.4 Å². The van der Waals surface area contributed by atoms with Crippen molar-refractivity contribution in [2.45, 2.75) is 32.9 Å². The molecule has 10 heteroatoms. The number of nitrogens with zero attached hydrogens (tertiary/aromatic N) is 4. The minimum absolute atomic E-state index is 0.223. The number of anilines is 1. The van der Waals surface area contributed by atoms with Crippen LogP contribution in [0.1, 0.15) is 53.1 Å². The van der Waals surface area contributed by atoms with Gasteiger partial charge in [-0.1, -0.05) is 26.0 Å². The van der Waals surface area contributed by atoms with Gasteiger partial charge in [0, 0.05) is 32.7 Å². The number of aromatic nitrogens is 2. The van der Waals surface area contributed by atoms with Crippen LogP contribution in [0.4, 0.5) is 19.0 Å². The van der Waals surface area contributed by atoms with Gasteiger partial charge in [0.1, 0.15) is 0 Å². The van der Waals surface area contributed by atoms with Gasteiger partial charge in [-0.3, -0.25) is 9.59 Å². The minimum Gasteiger partial charge on any atom is -0.352 e. The third kappa shape index (κ3) is 6.43. The summed E-state index contributed by atoms with van der Waals surface area (Å²) in [6.45, 7) is 6.14. The number of hydrogen-bond donors (Lipinski definition) is 1. The van der Waals surface area contributed by atoms with E-state index in [1.54, 1.807) is 12.1 Å². The molecular weight excluding hydrogens is 435 g/mol. The van der Waals surface area contributed by atoms with Crippen LogP contribution in [0.2, 0.25) is 0 Å². The van der Waals surface area contributed by atoms with Crippen LogP contribution in [0.5, 0.6) is 0 Å². The molecule has 0 radical (unpaired) electrons. The zero-order chi connectivity index (χ0) is 24.0. The molecule has 1 aromatic carbocycles. The molecule has 178 valence electrons. The van der Waals surface area contributed by atoms with E-state index in [1.165, 1.54) is 23.1 Å². The Labute approximate surface area is 191 Å². The molecule has 1 aromatic heterocycles. The lowest BCUT2D eigenvalue weighted by atomic mass is 10.1. The van der Waals surface area contributed by atoms with Crippen molar-refractivity contribution >= 4 is 17.6 Å². The smallest absolute Gasteiger partial charge is 0.352 e. The SMILES string of the molecule is CC(C)CCCNC(=O)c1ccc(N2CCN(C(=O)c3ccccc3C(F)(F)F)CC2)nn1. The Kier molecular flexibility index (Phi) is 7.88. The van der Waals surface area contributed by atoms with Gasteiger partial charge in [0.05, 0.1) is 11.1 Å². The molecule has 0 spiro atoms. The second-order valence-electron chi connectivity index (χ2n) is 8.39. The molecule has 2 aromatic rings. The van der Waals surface area contributed by atoms with Gasteiger partial charge in [0.15, 0.2) is 11.5 Å². The van der Waals surface area contributed by atoms with Crippen molar-refractivity contribution in [1.29, 1.82) is 0 Å². The molecule has 33 heavy (non-hydrogen) atoms. The van der Waals surface area contributed by atoms with Crippen LogP contribution in [0.3, 0.4) is 0 Å². The van der Waals surface area contributed by atoms with E-state index in [-0.39, 0.29) is 30.3 Å². The zero-order valence-electron chi connectivity index (χ0n) is 18.7. The van der Waals surface area contributed by atoms with Crippen molar-refractivity contribution in [3.05, 3.63) is 53.2 Å². The topological polar surface area (TPSA) is 78.4 Å². The Hall–Kier alpha value is -3.17. The third-order valence-electron chi connectivity index (χ3n) is 5.48. The zero-order valence-corrected chi connectivity index (χ0v) is 18.7. The van der Waals surface area contributed by atoms with E-state index in [1.807, 2.05) is 4.90 Å². The number of rotatable bonds is 7. The largest absolute Gasteiger partial charge is 0.417 e. The quantitative estimate of drug-likeness (QED) is 0.635. The lowest BCUT2D eigenvalue weighted by Crippen LogP contribution is -2.49. The maximum absolute atomic E-state index is 13.2. The van der Waals surface area contributed by atoms with Crippen molar-refractivity contribution in [2.75, 3.05) is 37.6 Å². The van der Waals surface area contributed by atoms with Crippen molar-refractivity contribution in [3.8, 4) is 0 Å². The highest BCUT2D eigenvalue weighted by atomic mass is 19.4. The van der Waals surface area contributed by atoms with Crippen molar-refractivity contribution in [2.24, 2.45) is 5.92 Å². The fourth-order valence-electron chi connectivity index (χ4n) is 3.64. The number of alkyl halides is 3. The van der Waals surface area contributed by atoms with Gasteiger partial charge in [0.2, 0.25) is 0 Å². The summed E-state index contributed by atoms with van der Waals surface area (Å²) in [7, 11) is 0. The lowest BCUT2D eigenvalue weighted by Gasteiger charge is -2.35. The van der Waals surface area contributed by atoms with Gasteiger partial charge < -0.3 is 15.1 Å². The maximum atomic E-state index is 13.2. The molecule has 2 heterocycles. The Morgan fingerprint density at radius 2 is 1.73 bits per heavy atom. The highest BCUT2D eigenvalue weighted by Crippen LogP contribution is 2.32.